The largest absolute Gasteiger partial charge is 0.388 e. The van der Waals surface area contributed by atoms with Crippen LogP contribution in [0.3, 0.4) is 0 Å². The minimum Gasteiger partial charge on any atom is -0.388 e. The maximum absolute atomic E-state index is 13.3. The topological polar surface area (TPSA) is 33.1 Å². The second-order valence-corrected chi connectivity index (χ2v) is 5.57. The molecule has 1 unspecified atom stereocenters. The van der Waals surface area contributed by atoms with Gasteiger partial charge in [0.25, 0.3) is 0 Å². The quantitative estimate of drug-likeness (QED) is 0.938. The summed E-state index contributed by atoms with van der Waals surface area (Å²) in [7, 11) is 0. The fourth-order valence-electron chi connectivity index (χ4n) is 1.50. The lowest BCUT2D eigenvalue weighted by Crippen LogP contribution is -2.02. The molecule has 2 nitrogen and oxygen atoms in total. The van der Waals surface area contributed by atoms with E-state index in [4.69, 9.17) is 0 Å². The third-order valence-corrected chi connectivity index (χ3v) is 4.00. The van der Waals surface area contributed by atoms with Crippen molar-refractivity contribution in [3.63, 3.8) is 0 Å². The Kier molecular flexibility index (Phi) is 3.91. The van der Waals surface area contributed by atoms with Crippen molar-refractivity contribution in [3.8, 4) is 0 Å². The minimum atomic E-state index is -0.719. The molecule has 1 atom stereocenters. The van der Waals surface area contributed by atoms with Crippen LogP contribution in [0.15, 0.2) is 28.1 Å². The van der Waals surface area contributed by atoms with Gasteiger partial charge >= 0.3 is 0 Å². The zero-order chi connectivity index (χ0) is 12.4. The molecule has 17 heavy (non-hydrogen) atoms. The SMILES string of the molecule is Cc1csc(CC(O)c2ccc(Br)c(F)c2)n1. The Morgan fingerprint density at radius 1 is 1.53 bits per heavy atom. The number of aromatic nitrogens is 1. The molecule has 90 valence electrons. The summed E-state index contributed by atoms with van der Waals surface area (Å²) in [5, 5.41) is 12.8. The van der Waals surface area contributed by atoms with E-state index < -0.39 is 6.10 Å². The number of hydrogen-bond acceptors (Lipinski definition) is 3. The highest BCUT2D eigenvalue weighted by Gasteiger charge is 2.12. The van der Waals surface area contributed by atoms with Crippen molar-refractivity contribution in [2.24, 2.45) is 0 Å². The molecule has 0 saturated carbocycles. The summed E-state index contributed by atoms with van der Waals surface area (Å²) in [4.78, 5) is 4.27. The maximum Gasteiger partial charge on any atom is 0.137 e. The van der Waals surface area contributed by atoms with Crippen LogP contribution in [-0.2, 0) is 6.42 Å². The molecule has 1 N–H and O–H groups in total. The summed E-state index contributed by atoms with van der Waals surface area (Å²) >= 11 is 4.59. The summed E-state index contributed by atoms with van der Waals surface area (Å²) < 4.78 is 13.7. The van der Waals surface area contributed by atoms with Gasteiger partial charge in [0.05, 0.1) is 15.6 Å². The lowest BCUT2D eigenvalue weighted by molar-refractivity contribution is 0.178. The molecule has 0 aliphatic carbocycles. The fourth-order valence-corrected chi connectivity index (χ4v) is 2.56. The zero-order valence-corrected chi connectivity index (χ0v) is 11.6. The summed E-state index contributed by atoms with van der Waals surface area (Å²) in [6.45, 7) is 1.91. The van der Waals surface area contributed by atoms with E-state index in [1.165, 1.54) is 17.4 Å². The Labute approximate surface area is 111 Å². The van der Waals surface area contributed by atoms with E-state index in [1.807, 2.05) is 12.3 Å². The molecule has 1 aromatic carbocycles. The van der Waals surface area contributed by atoms with Gasteiger partial charge in [0.2, 0.25) is 0 Å². The third-order valence-electron chi connectivity index (χ3n) is 2.36. The van der Waals surface area contributed by atoms with Crippen LogP contribution in [0.2, 0.25) is 0 Å². The van der Waals surface area contributed by atoms with Gasteiger partial charge in [0.1, 0.15) is 5.82 Å². The van der Waals surface area contributed by atoms with Crippen molar-refractivity contribution >= 4 is 27.3 Å². The highest BCUT2D eigenvalue weighted by Crippen LogP contribution is 2.24. The first-order valence-corrected chi connectivity index (χ1v) is 6.77. The molecule has 2 rings (SSSR count). The van der Waals surface area contributed by atoms with Crippen molar-refractivity contribution in [2.45, 2.75) is 19.4 Å². The molecule has 5 heteroatoms. The lowest BCUT2D eigenvalue weighted by atomic mass is 10.1. The highest BCUT2D eigenvalue weighted by molar-refractivity contribution is 9.10. The third kappa shape index (κ3) is 3.12. The summed E-state index contributed by atoms with van der Waals surface area (Å²) in [6, 6.07) is 4.65. The number of nitrogens with zero attached hydrogens (tertiary/aromatic N) is 1. The Hall–Kier alpha value is -0.780. The van der Waals surface area contributed by atoms with Crippen molar-refractivity contribution in [1.29, 1.82) is 0 Å². The average Bonchev–Trinajstić information content (AvgIpc) is 2.68. The van der Waals surface area contributed by atoms with Crippen LogP contribution in [0.25, 0.3) is 0 Å². The van der Waals surface area contributed by atoms with E-state index in [0.717, 1.165) is 10.7 Å². The van der Waals surface area contributed by atoms with E-state index in [1.54, 1.807) is 12.1 Å². The number of rotatable bonds is 3. The monoisotopic (exact) mass is 315 g/mol. The Morgan fingerprint density at radius 3 is 2.88 bits per heavy atom. The van der Waals surface area contributed by atoms with Crippen molar-refractivity contribution in [2.75, 3.05) is 0 Å². The van der Waals surface area contributed by atoms with Gasteiger partial charge < -0.3 is 5.11 Å². The summed E-state index contributed by atoms with van der Waals surface area (Å²) in [5.74, 6) is -0.364. The van der Waals surface area contributed by atoms with Gasteiger partial charge in [-0.25, -0.2) is 9.37 Å². The molecule has 0 amide bonds. The van der Waals surface area contributed by atoms with E-state index >= 15 is 0 Å². The Bertz CT molecular complexity index is 529. The summed E-state index contributed by atoms with van der Waals surface area (Å²) in [6.07, 6.45) is -0.303. The first-order valence-electron chi connectivity index (χ1n) is 5.10. The number of halogens is 2. The Balaban J connectivity index is 2.14. The predicted octanol–water partition coefficient (Wildman–Crippen LogP) is 3.63. The number of aryl methyl sites for hydroxylation is 1. The number of benzene rings is 1. The molecular weight excluding hydrogens is 305 g/mol. The lowest BCUT2D eigenvalue weighted by Gasteiger charge is -2.09. The van der Waals surface area contributed by atoms with Crippen LogP contribution in [0.1, 0.15) is 22.4 Å². The summed E-state index contributed by atoms with van der Waals surface area (Å²) in [5.41, 5.74) is 1.51. The number of aliphatic hydroxyl groups excluding tert-OH is 1. The molecule has 0 saturated heterocycles. The molecule has 0 spiro atoms. The number of aliphatic hydroxyl groups is 1. The minimum absolute atomic E-state index is 0.364. The first-order chi connectivity index (χ1) is 8.06. The average molecular weight is 316 g/mol. The van der Waals surface area contributed by atoms with Gasteiger partial charge in [-0.1, -0.05) is 6.07 Å². The van der Waals surface area contributed by atoms with Gasteiger partial charge in [-0.15, -0.1) is 11.3 Å². The molecule has 0 aliphatic heterocycles. The van der Waals surface area contributed by atoms with E-state index in [2.05, 4.69) is 20.9 Å². The predicted molar refractivity (Wildman–Crippen MR) is 69.6 cm³/mol. The number of thiazole rings is 1. The van der Waals surface area contributed by atoms with E-state index in [0.29, 0.717) is 16.5 Å². The van der Waals surface area contributed by atoms with Gasteiger partial charge in [-0.3, -0.25) is 0 Å². The smallest absolute Gasteiger partial charge is 0.137 e. The molecule has 1 aromatic heterocycles. The van der Waals surface area contributed by atoms with E-state index in [9.17, 15) is 9.50 Å². The molecule has 1 heterocycles. The van der Waals surface area contributed by atoms with Gasteiger partial charge in [-0.2, -0.15) is 0 Å². The number of hydrogen-bond donors (Lipinski definition) is 1. The van der Waals surface area contributed by atoms with Crippen LogP contribution in [-0.4, -0.2) is 10.1 Å². The molecule has 0 fully saturated rings. The van der Waals surface area contributed by atoms with Crippen molar-refractivity contribution in [1.82, 2.24) is 4.98 Å². The maximum atomic E-state index is 13.3. The van der Waals surface area contributed by atoms with Crippen LogP contribution >= 0.6 is 27.3 Å². The van der Waals surface area contributed by atoms with Gasteiger partial charge in [0, 0.05) is 17.5 Å². The molecule has 2 aromatic rings. The zero-order valence-electron chi connectivity index (χ0n) is 9.15. The highest BCUT2D eigenvalue weighted by atomic mass is 79.9. The fraction of sp³-hybridized carbons (Fsp3) is 0.250. The molecule has 0 aliphatic rings. The van der Waals surface area contributed by atoms with Crippen LogP contribution in [0, 0.1) is 12.7 Å². The van der Waals surface area contributed by atoms with Gasteiger partial charge in [0.15, 0.2) is 0 Å². The van der Waals surface area contributed by atoms with Crippen LogP contribution in [0.5, 0.6) is 0 Å². The Morgan fingerprint density at radius 2 is 2.29 bits per heavy atom. The van der Waals surface area contributed by atoms with Crippen molar-refractivity contribution < 1.29 is 9.50 Å². The van der Waals surface area contributed by atoms with Gasteiger partial charge in [-0.05, 0) is 40.5 Å². The van der Waals surface area contributed by atoms with Crippen LogP contribution < -0.4 is 0 Å². The second-order valence-electron chi connectivity index (χ2n) is 3.78. The standard InChI is InChI=1S/C12H11BrFNOS/c1-7-6-17-12(15-7)5-11(16)8-2-3-9(13)10(14)4-8/h2-4,6,11,16H,5H2,1H3. The first kappa shape index (κ1) is 12.7. The molecule has 0 radical (unpaired) electrons. The second kappa shape index (κ2) is 5.25. The van der Waals surface area contributed by atoms with E-state index in [-0.39, 0.29) is 5.82 Å². The van der Waals surface area contributed by atoms with Crippen molar-refractivity contribution in [3.05, 3.63) is 50.1 Å². The molecule has 0 bridgehead atoms. The van der Waals surface area contributed by atoms with Crippen LogP contribution in [0.4, 0.5) is 4.39 Å². The molecular formula is C12H11BrFNOS. The normalized spacial score (nSPS) is 12.7.